The van der Waals surface area contributed by atoms with Crippen molar-refractivity contribution in [1.29, 1.82) is 0 Å². The summed E-state index contributed by atoms with van der Waals surface area (Å²) in [5.41, 5.74) is 1.42. The van der Waals surface area contributed by atoms with E-state index in [1.165, 1.54) is 17.2 Å². The molecule has 4 rings (SSSR count). The van der Waals surface area contributed by atoms with Crippen LogP contribution < -0.4 is 10.9 Å². The number of furan rings is 2. The van der Waals surface area contributed by atoms with E-state index < -0.39 is 5.91 Å². The Balaban J connectivity index is 1.81. The molecule has 4 aromatic rings. The molecule has 0 aliphatic rings. The number of carbonyl (C=O) groups is 1. The van der Waals surface area contributed by atoms with Gasteiger partial charge in [0.1, 0.15) is 11.5 Å². The Hall–Kier alpha value is -3.88. The Morgan fingerprint density at radius 3 is 2.68 bits per heavy atom. The molecule has 142 valence electrons. The molecule has 9 heteroatoms. The van der Waals surface area contributed by atoms with Crippen molar-refractivity contribution >= 4 is 11.7 Å². The number of aromatic nitrogens is 4. The highest BCUT2D eigenvalue weighted by atomic mass is 16.3. The van der Waals surface area contributed by atoms with E-state index in [1.54, 1.807) is 37.3 Å². The van der Waals surface area contributed by atoms with Crippen molar-refractivity contribution in [2.45, 2.75) is 20.3 Å². The second-order valence-electron chi connectivity index (χ2n) is 6.04. The standard InChI is InChI=1S/C19H17N5O4/c1-3-12-11(2)20-19(22-17(12)25)24-16(21-18(26)15-7-5-9-28-15)10-13(23-24)14-6-4-8-27-14/h4-10H,3H2,1-2H3,(H,21,26)(H,20,22,25). The molecule has 0 aliphatic carbocycles. The number of aryl methyl sites for hydroxylation is 1. The van der Waals surface area contributed by atoms with E-state index in [0.29, 0.717) is 35.0 Å². The summed E-state index contributed by atoms with van der Waals surface area (Å²) >= 11 is 0. The largest absolute Gasteiger partial charge is 0.463 e. The normalized spacial score (nSPS) is 10.9. The molecule has 0 atom stereocenters. The van der Waals surface area contributed by atoms with Crippen LogP contribution in [-0.4, -0.2) is 25.7 Å². The topological polar surface area (TPSA) is 119 Å². The number of rotatable bonds is 5. The molecule has 0 saturated heterocycles. The number of nitrogens with zero attached hydrogens (tertiary/aromatic N) is 3. The van der Waals surface area contributed by atoms with E-state index in [0.717, 1.165) is 0 Å². The highest BCUT2D eigenvalue weighted by Crippen LogP contribution is 2.24. The first kappa shape index (κ1) is 17.5. The Bertz CT molecular complexity index is 1170. The summed E-state index contributed by atoms with van der Waals surface area (Å²) in [5.74, 6) is 0.691. The number of hydrogen-bond donors (Lipinski definition) is 2. The molecule has 4 heterocycles. The fraction of sp³-hybridized carbons (Fsp3) is 0.158. The molecule has 0 saturated carbocycles. The van der Waals surface area contributed by atoms with Crippen molar-refractivity contribution in [3.63, 3.8) is 0 Å². The molecule has 0 aromatic carbocycles. The van der Waals surface area contributed by atoms with E-state index >= 15 is 0 Å². The minimum absolute atomic E-state index is 0.145. The second-order valence-corrected chi connectivity index (χ2v) is 6.04. The summed E-state index contributed by atoms with van der Waals surface area (Å²) in [4.78, 5) is 31.9. The van der Waals surface area contributed by atoms with Gasteiger partial charge in [-0.15, -0.1) is 0 Å². The van der Waals surface area contributed by atoms with Crippen LogP contribution in [0.3, 0.4) is 0 Å². The SMILES string of the molecule is CCc1c(C)nc(-n2nc(-c3ccco3)cc2NC(=O)c2ccco2)[nH]c1=O. The summed E-state index contributed by atoms with van der Waals surface area (Å²) in [6.45, 7) is 3.65. The van der Waals surface area contributed by atoms with Crippen LogP contribution in [0.4, 0.5) is 5.82 Å². The number of aromatic amines is 1. The van der Waals surface area contributed by atoms with Crippen molar-refractivity contribution < 1.29 is 13.6 Å². The van der Waals surface area contributed by atoms with E-state index in [-0.39, 0.29) is 17.3 Å². The van der Waals surface area contributed by atoms with Gasteiger partial charge < -0.3 is 14.2 Å². The molecule has 1 amide bonds. The first-order valence-corrected chi connectivity index (χ1v) is 8.65. The van der Waals surface area contributed by atoms with Crippen LogP contribution in [0, 0.1) is 6.92 Å². The van der Waals surface area contributed by atoms with Gasteiger partial charge in [-0.1, -0.05) is 6.92 Å². The van der Waals surface area contributed by atoms with Gasteiger partial charge in [-0.2, -0.15) is 9.78 Å². The van der Waals surface area contributed by atoms with Crippen molar-refractivity contribution in [2.24, 2.45) is 0 Å². The summed E-state index contributed by atoms with van der Waals surface area (Å²) in [6.07, 6.45) is 3.50. The average molecular weight is 379 g/mol. The Morgan fingerprint density at radius 1 is 1.25 bits per heavy atom. The fourth-order valence-electron chi connectivity index (χ4n) is 2.87. The summed E-state index contributed by atoms with van der Waals surface area (Å²) in [7, 11) is 0. The zero-order chi connectivity index (χ0) is 19.7. The predicted octanol–water partition coefficient (Wildman–Crippen LogP) is 2.93. The molecule has 0 fully saturated rings. The molecule has 9 nitrogen and oxygen atoms in total. The lowest BCUT2D eigenvalue weighted by molar-refractivity contribution is 0.0996. The van der Waals surface area contributed by atoms with Gasteiger partial charge in [-0.25, -0.2) is 4.98 Å². The van der Waals surface area contributed by atoms with E-state index in [1.807, 2.05) is 6.92 Å². The van der Waals surface area contributed by atoms with Gasteiger partial charge in [-0.3, -0.25) is 14.6 Å². The molecule has 0 radical (unpaired) electrons. The second kappa shape index (κ2) is 7.03. The van der Waals surface area contributed by atoms with Crippen LogP contribution in [0.2, 0.25) is 0 Å². The van der Waals surface area contributed by atoms with Crippen LogP contribution >= 0.6 is 0 Å². The maximum absolute atomic E-state index is 12.4. The Morgan fingerprint density at radius 2 is 2.04 bits per heavy atom. The monoisotopic (exact) mass is 379 g/mol. The number of H-pyrrole nitrogens is 1. The van der Waals surface area contributed by atoms with Crippen LogP contribution in [0.25, 0.3) is 17.4 Å². The molecular formula is C19H17N5O4. The van der Waals surface area contributed by atoms with Gasteiger partial charge in [0.15, 0.2) is 11.5 Å². The van der Waals surface area contributed by atoms with Gasteiger partial charge >= 0.3 is 0 Å². The van der Waals surface area contributed by atoms with Gasteiger partial charge in [0.05, 0.1) is 12.5 Å². The summed E-state index contributed by atoms with van der Waals surface area (Å²) in [5, 5.41) is 7.17. The van der Waals surface area contributed by atoms with E-state index in [2.05, 4.69) is 20.4 Å². The quantitative estimate of drug-likeness (QED) is 0.550. The van der Waals surface area contributed by atoms with Crippen LogP contribution in [0.1, 0.15) is 28.7 Å². The highest BCUT2D eigenvalue weighted by molar-refractivity contribution is 6.02. The molecular weight excluding hydrogens is 362 g/mol. The molecule has 0 spiro atoms. The molecule has 0 unspecified atom stereocenters. The first-order valence-electron chi connectivity index (χ1n) is 8.65. The Kier molecular flexibility index (Phi) is 4.40. The smallest absolute Gasteiger partial charge is 0.292 e. The van der Waals surface area contributed by atoms with Crippen molar-refractivity contribution in [3.8, 4) is 17.4 Å². The summed E-state index contributed by atoms with van der Waals surface area (Å²) < 4.78 is 11.9. The Labute approximate surface area is 159 Å². The average Bonchev–Trinajstić information content (AvgIpc) is 3.42. The van der Waals surface area contributed by atoms with Gasteiger partial charge in [0, 0.05) is 17.3 Å². The van der Waals surface area contributed by atoms with Crippen molar-refractivity contribution in [1.82, 2.24) is 19.7 Å². The van der Waals surface area contributed by atoms with Crippen LogP contribution in [-0.2, 0) is 6.42 Å². The minimum Gasteiger partial charge on any atom is -0.463 e. The minimum atomic E-state index is -0.457. The lowest BCUT2D eigenvalue weighted by Gasteiger charge is -2.09. The highest BCUT2D eigenvalue weighted by Gasteiger charge is 2.19. The lowest BCUT2D eigenvalue weighted by Crippen LogP contribution is -2.21. The number of amides is 1. The first-order chi connectivity index (χ1) is 13.6. The molecule has 4 aromatic heterocycles. The number of anilines is 1. The third-order valence-corrected chi connectivity index (χ3v) is 4.23. The van der Waals surface area contributed by atoms with Gasteiger partial charge in [0.2, 0.25) is 5.95 Å². The van der Waals surface area contributed by atoms with Crippen molar-refractivity contribution in [2.75, 3.05) is 5.32 Å². The molecule has 28 heavy (non-hydrogen) atoms. The third kappa shape index (κ3) is 3.13. The number of hydrogen-bond acceptors (Lipinski definition) is 6. The van der Waals surface area contributed by atoms with Gasteiger partial charge in [0.25, 0.3) is 11.5 Å². The molecule has 0 bridgehead atoms. The molecule has 0 aliphatic heterocycles. The summed E-state index contributed by atoms with van der Waals surface area (Å²) in [6, 6.07) is 8.26. The number of nitrogens with one attached hydrogen (secondary N) is 2. The van der Waals surface area contributed by atoms with E-state index in [9.17, 15) is 9.59 Å². The maximum Gasteiger partial charge on any atom is 0.292 e. The maximum atomic E-state index is 12.4. The zero-order valence-corrected chi connectivity index (χ0v) is 15.2. The van der Waals surface area contributed by atoms with Crippen LogP contribution in [0.15, 0.2) is 56.5 Å². The zero-order valence-electron chi connectivity index (χ0n) is 15.2. The van der Waals surface area contributed by atoms with Gasteiger partial charge in [-0.05, 0) is 37.6 Å². The van der Waals surface area contributed by atoms with Crippen LogP contribution in [0.5, 0.6) is 0 Å². The lowest BCUT2D eigenvalue weighted by atomic mass is 10.2. The predicted molar refractivity (Wildman–Crippen MR) is 100 cm³/mol. The van der Waals surface area contributed by atoms with Crippen molar-refractivity contribution in [3.05, 3.63) is 70.2 Å². The fourth-order valence-corrected chi connectivity index (χ4v) is 2.87. The van der Waals surface area contributed by atoms with E-state index in [4.69, 9.17) is 8.83 Å². The molecule has 2 N–H and O–H groups in total. The number of carbonyl (C=O) groups excluding carboxylic acids is 1. The third-order valence-electron chi connectivity index (χ3n) is 4.23.